The van der Waals surface area contributed by atoms with Crippen molar-refractivity contribution in [2.24, 2.45) is 11.7 Å². The molecule has 0 aliphatic carbocycles. The van der Waals surface area contributed by atoms with Gasteiger partial charge in [-0.15, -0.1) is 0 Å². The zero-order valence-electron chi connectivity index (χ0n) is 10.9. The molecule has 0 bridgehead atoms. The Labute approximate surface area is 107 Å². The average molecular weight is 248 g/mol. The molecule has 4 nitrogen and oxygen atoms in total. The predicted octanol–water partition coefficient (Wildman–Crippen LogP) is 1.26. The lowest BCUT2D eigenvalue weighted by Crippen LogP contribution is -2.48. The van der Waals surface area contributed by atoms with E-state index in [2.05, 4.69) is 0 Å². The van der Waals surface area contributed by atoms with Crippen LogP contribution in [0.15, 0.2) is 18.2 Å². The van der Waals surface area contributed by atoms with E-state index < -0.39 is 6.04 Å². The number of nitrogens with zero attached hydrogens (tertiary/aromatic N) is 1. The Balaban J connectivity index is 2.14. The molecule has 0 radical (unpaired) electrons. The molecule has 2 rings (SSSR count). The molecule has 18 heavy (non-hydrogen) atoms. The quantitative estimate of drug-likeness (QED) is 0.828. The number of carbonyl (C=O) groups excluding carboxylic acids is 1. The fourth-order valence-corrected chi connectivity index (χ4v) is 2.23. The molecule has 0 aromatic heterocycles. The molecule has 1 amide bonds. The first-order valence-electron chi connectivity index (χ1n) is 6.34. The molecule has 1 aromatic carbocycles. The standard InChI is InChI=1S/C14H20N2O2/c1-9(2)13(15)14(18)16-6-5-10-3-4-12(17)7-11(10)8-16/h3-4,7,9,13,17H,5-6,8,15H2,1-2H3/t13-/m0/s1. The van der Waals surface area contributed by atoms with Crippen molar-refractivity contribution in [2.45, 2.75) is 32.9 Å². The van der Waals surface area contributed by atoms with Crippen LogP contribution in [0.5, 0.6) is 5.75 Å². The number of phenolic OH excluding ortho intramolecular Hbond substituents is 1. The minimum absolute atomic E-state index is 0.000933. The lowest BCUT2D eigenvalue weighted by Gasteiger charge is -2.31. The van der Waals surface area contributed by atoms with Gasteiger partial charge < -0.3 is 15.7 Å². The fraction of sp³-hybridized carbons (Fsp3) is 0.500. The maximum absolute atomic E-state index is 12.2. The Morgan fingerprint density at radius 1 is 1.39 bits per heavy atom. The van der Waals surface area contributed by atoms with Gasteiger partial charge in [0.05, 0.1) is 6.04 Å². The van der Waals surface area contributed by atoms with Crippen molar-refractivity contribution < 1.29 is 9.90 Å². The largest absolute Gasteiger partial charge is 0.508 e. The Morgan fingerprint density at radius 3 is 2.78 bits per heavy atom. The van der Waals surface area contributed by atoms with Gasteiger partial charge in [0.25, 0.3) is 0 Å². The summed E-state index contributed by atoms with van der Waals surface area (Å²) in [6.07, 6.45) is 0.826. The first-order chi connectivity index (χ1) is 8.49. The number of aromatic hydroxyl groups is 1. The van der Waals surface area contributed by atoms with Crippen molar-refractivity contribution in [2.75, 3.05) is 6.54 Å². The topological polar surface area (TPSA) is 66.6 Å². The number of rotatable bonds is 2. The van der Waals surface area contributed by atoms with Crippen molar-refractivity contribution in [3.05, 3.63) is 29.3 Å². The monoisotopic (exact) mass is 248 g/mol. The summed E-state index contributed by atoms with van der Waals surface area (Å²) in [4.78, 5) is 14.0. The highest BCUT2D eigenvalue weighted by atomic mass is 16.3. The van der Waals surface area contributed by atoms with Crippen molar-refractivity contribution >= 4 is 5.91 Å². The van der Waals surface area contributed by atoms with Crippen molar-refractivity contribution in [1.82, 2.24) is 4.90 Å². The highest BCUT2D eigenvalue weighted by Gasteiger charge is 2.26. The molecule has 3 N–H and O–H groups in total. The summed E-state index contributed by atoms with van der Waals surface area (Å²) in [5, 5.41) is 9.48. The third-order valence-electron chi connectivity index (χ3n) is 3.52. The van der Waals surface area contributed by atoms with Crippen LogP contribution in [0.25, 0.3) is 0 Å². The average Bonchev–Trinajstić information content (AvgIpc) is 2.35. The Morgan fingerprint density at radius 2 is 2.11 bits per heavy atom. The molecule has 1 heterocycles. The number of nitrogens with two attached hydrogens (primary N) is 1. The number of amides is 1. The molecule has 1 aromatic rings. The van der Waals surface area contributed by atoms with Crippen LogP contribution >= 0.6 is 0 Å². The number of fused-ring (bicyclic) bond motifs is 1. The van der Waals surface area contributed by atoms with Gasteiger partial charge in [0, 0.05) is 13.1 Å². The molecule has 1 aliphatic heterocycles. The molecule has 0 spiro atoms. The molecule has 1 aliphatic rings. The van der Waals surface area contributed by atoms with E-state index >= 15 is 0 Å². The predicted molar refractivity (Wildman–Crippen MR) is 70.0 cm³/mol. The van der Waals surface area contributed by atoms with E-state index in [1.165, 1.54) is 5.56 Å². The van der Waals surface area contributed by atoms with Gasteiger partial charge >= 0.3 is 0 Å². The van der Waals surface area contributed by atoms with Crippen LogP contribution in [0, 0.1) is 5.92 Å². The number of hydrogen-bond donors (Lipinski definition) is 2. The van der Waals surface area contributed by atoms with E-state index in [9.17, 15) is 9.90 Å². The number of carbonyl (C=O) groups is 1. The normalized spacial score (nSPS) is 16.6. The molecule has 0 saturated heterocycles. The van der Waals surface area contributed by atoms with Gasteiger partial charge in [-0.3, -0.25) is 4.79 Å². The first-order valence-corrected chi connectivity index (χ1v) is 6.34. The molecule has 0 saturated carbocycles. The molecule has 0 fully saturated rings. The number of benzene rings is 1. The molecule has 0 unspecified atom stereocenters. The lowest BCUT2D eigenvalue weighted by molar-refractivity contribution is -0.134. The summed E-state index contributed by atoms with van der Waals surface area (Å²) in [6.45, 7) is 5.15. The summed E-state index contributed by atoms with van der Waals surface area (Å²) in [6, 6.07) is 4.91. The van der Waals surface area contributed by atoms with Gasteiger partial charge in [0.15, 0.2) is 0 Å². The highest BCUT2D eigenvalue weighted by Crippen LogP contribution is 2.23. The zero-order valence-corrected chi connectivity index (χ0v) is 10.9. The zero-order chi connectivity index (χ0) is 13.3. The number of hydrogen-bond acceptors (Lipinski definition) is 3. The maximum atomic E-state index is 12.2. The van der Waals surface area contributed by atoms with Gasteiger partial charge in [-0.2, -0.15) is 0 Å². The smallest absolute Gasteiger partial charge is 0.240 e. The summed E-state index contributed by atoms with van der Waals surface area (Å²) in [5.74, 6) is 0.387. The minimum atomic E-state index is -0.441. The number of phenols is 1. The third kappa shape index (κ3) is 2.48. The summed E-state index contributed by atoms with van der Waals surface area (Å²) < 4.78 is 0. The second-order valence-corrected chi connectivity index (χ2v) is 5.23. The van der Waals surface area contributed by atoms with Crippen molar-refractivity contribution in [3.8, 4) is 5.75 Å². The van der Waals surface area contributed by atoms with E-state index in [1.54, 1.807) is 17.0 Å². The maximum Gasteiger partial charge on any atom is 0.240 e. The Bertz CT molecular complexity index is 457. The van der Waals surface area contributed by atoms with Crippen molar-refractivity contribution in [3.63, 3.8) is 0 Å². The van der Waals surface area contributed by atoms with Crippen LogP contribution in [0.3, 0.4) is 0 Å². The second-order valence-electron chi connectivity index (χ2n) is 5.23. The molecular weight excluding hydrogens is 228 g/mol. The molecule has 98 valence electrons. The van der Waals surface area contributed by atoms with Gasteiger partial charge in [0.1, 0.15) is 5.75 Å². The minimum Gasteiger partial charge on any atom is -0.508 e. The van der Waals surface area contributed by atoms with E-state index in [4.69, 9.17) is 5.73 Å². The van der Waals surface area contributed by atoms with Crippen LogP contribution in [-0.2, 0) is 17.8 Å². The van der Waals surface area contributed by atoms with E-state index in [0.29, 0.717) is 13.1 Å². The van der Waals surface area contributed by atoms with E-state index in [1.807, 2.05) is 19.9 Å². The third-order valence-corrected chi connectivity index (χ3v) is 3.52. The first kappa shape index (κ1) is 12.9. The Kier molecular flexibility index (Phi) is 3.57. The van der Waals surface area contributed by atoms with Gasteiger partial charge in [-0.1, -0.05) is 19.9 Å². The van der Waals surface area contributed by atoms with Crippen LogP contribution < -0.4 is 5.73 Å². The van der Waals surface area contributed by atoms with Crippen LogP contribution in [0.2, 0.25) is 0 Å². The lowest BCUT2D eigenvalue weighted by atomic mass is 9.97. The van der Waals surface area contributed by atoms with Crippen LogP contribution in [0.4, 0.5) is 0 Å². The van der Waals surface area contributed by atoms with E-state index in [-0.39, 0.29) is 17.6 Å². The van der Waals surface area contributed by atoms with Crippen LogP contribution in [0.1, 0.15) is 25.0 Å². The van der Waals surface area contributed by atoms with Crippen molar-refractivity contribution in [1.29, 1.82) is 0 Å². The molecule has 1 atom stereocenters. The summed E-state index contributed by atoms with van der Waals surface area (Å²) >= 11 is 0. The van der Waals surface area contributed by atoms with Crippen LogP contribution in [-0.4, -0.2) is 28.5 Å². The van der Waals surface area contributed by atoms with Gasteiger partial charge in [-0.25, -0.2) is 0 Å². The Hall–Kier alpha value is -1.55. The highest BCUT2D eigenvalue weighted by molar-refractivity contribution is 5.82. The van der Waals surface area contributed by atoms with Gasteiger partial charge in [0.2, 0.25) is 5.91 Å². The fourth-order valence-electron chi connectivity index (χ4n) is 2.23. The summed E-state index contributed by atoms with van der Waals surface area (Å²) in [7, 11) is 0. The molecular formula is C14H20N2O2. The summed E-state index contributed by atoms with van der Waals surface area (Å²) in [5.41, 5.74) is 8.12. The SMILES string of the molecule is CC(C)[C@H](N)C(=O)N1CCc2ccc(O)cc2C1. The van der Waals surface area contributed by atoms with E-state index in [0.717, 1.165) is 12.0 Å². The van der Waals surface area contributed by atoms with Gasteiger partial charge in [-0.05, 0) is 35.6 Å². The molecule has 4 heteroatoms. The second kappa shape index (κ2) is 4.98.